The first-order chi connectivity index (χ1) is 12.0. The molecule has 0 aromatic heterocycles. The van der Waals surface area contributed by atoms with Gasteiger partial charge in [-0.25, -0.2) is 4.79 Å². The Hall–Kier alpha value is -1.17. The number of aliphatic hydroxyl groups is 2. The maximum Gasteiger partial charge on any atom is 0.332 e. The van der Waals surface area contributed by atoms with Gasteiger partial charge in [-0.3, -0.25) is 4.79 Å². The third-order valence-electron chi connectivity index (χ3n) is 4.57. The van der Waals surface area contributed by atoms with Crippen LogP contribution in [0.15, 0.2) is 24.3 Å². The number of alkyl halides is 1. The van der Waals surface area contributed by atoms with Crippen molar-refractivity contribution in [3.63, 3.8) is 0 Å². The molecule has 0 aliphatic heterocycles. The van der Waals surface area contributed by atoms with Crippen LogP contribution in [0.3, 0.4) is 0 Å². The molecule has 1 fully saturated rings. The summed E-state index contributed by atoms with van der Waals surface area (Å²) < 4.78 is 0. The number of hydrogen-bond donors (Lipinski definition) is 3. The van der Waals surface area contributed by atoms with Gasteiger partial charge < -0.3 is 15.3 Å². The van der Waals surface area contributed by atoms with E-state index >= 15 is 0 Å². The van der Waals surface area contributed by atoms with E-state index in [1.54, 1.807) is 0 Å². The first-order valence-corrected chi connectivity index (χ1v) is 9.48. The van der Waals surface area contributed by atoms with Gasteiger partial charge in [0, 0.05) is 18.2 Å². The second kappa shape index (κ2) is 12.2. The summed E-state index contributed by atoms with van der Waals surface area (Å²) in [5.74, 6) is -0.250. The number of aliphatic carboxylic acids is 1. The fraction of sp³-hybridized carbons (Fsp3) is 0.684. The zero-order valence-corrected chi connectivity index (χ0v) is 15.3. The van der Waals surface area contributed by atoms with Gasteiger partial charge in [0.25, 0.3) is 0 Å². The van der Waals surface area contributed by atoms with Crippen LogP contribution in [0.2, 0.25) is 0 Å². The lowest BCUT2D eigenvalue weighted by Gasteiger charge is -2.13. The van der Waals surface area contributed by atoms with E-state index < -0.39 is 12.1 Å². The van der Waals surface area contributed by atoms with Crippen molar-refractivity contribution in [3.8, 4) is 0 Å². The molecule has 5 nitrogen and oxygen atoms in total. The number of halogens is 1. The Morgan fingerprint density at radius 2 is 2.00 bits per heavy atom. The number of carbonyl (C=O) groups excluding carboxylic acids is 1. The highest BCUT2D eigenvalue weighted by Crippen LogP contribution is 2.33. The van der Waals surface area contributed by atoms with Crippen LogP contribution in [0.5, 0.6) is 0 Å². The number of aliphatic hydroxyl groups excluding tert-OH is 2. The van der Waals surface area contributed by atoms with Gasteiger partial charge in [-0.1, -0.05) is 24.3 Å². The molecule has 0 heterocycles. The largest absolute Gasteiger partial charge is 0.479 e. The molecule has 0 amide bonds. The van der Waals surface area contributed by atoms with E-state index in [1.165, 1.54) is 0 Å². The van der Waals surface area contributed by atoms with E-state index in [2.05, 4.69) is 0 Å². The van der Waals surface area contributed by atoms with Gasteiger partial charge in [0.1, 0.15) is 5.78 Å². The fourth-order valence-corrected chi connectivity index (χ4v) is 3.20. The molecule has 1 aliphatic rings. The summed E-state index contributed by atoms with van der Waals surface area (Å²) in [6.07, 6.45) is 10.8. The van der Waals surface area contributed by atoms with Crippen molar-refractivity contribution in [2.45, 2.75) is 63.6 Å². The molecule has 1 aliphatic carbocycles. The number of ketones is 1. The Morgan fingerprint density at radius 3 is 2.68 bits per heavy atom. The number of carboxylic acids is 1. The number of carbonyl (C=O) groups is 2. The Morgan fingerprint density at radius 1 is 1.24 bits per heavy atom. The molecule has 0 radical (unpaired) electrons. The quantitative estimate of drug-likeness (QED) is 0.361. The van der Waals surface area contributed by atoms with Crippen molar-refractivity contribution in [1.82, 2.24) is 0 Å². The summed E-state index contributed by atoms with van der Waals surface area (Å²) in [6.45, 7) is 0. The summed E-state index contributed by atoms with van der Waals surface area (Å²) in [5, 5.41) is 27.6. The Kier molecular flexibility index (Phi) is 10.7. The van der Waals surface area contributed by atoms with E-state index in [-0.39, 0.29) is 30.1 Å². The smallest absolute Gasteiger partial charge is 0.332 e. The highest BCUT2D eigenvalue weighted by atomic mass is 35.5. The zero-order chi connectivity index (χ0) is 18.7. The van der Waals surface area contributed by atoms with Gasteiger partial charge in [-0.2, -0.15) is 0 Å². The van der Waals surface area contributed by atoms with E-state index in [0.29, 0.717) is 38.0 Å². The van der Waals surface area contributed by atoms with E-state index in [1.807, 2.05) is 24.3 Å². The van der Waals surface area contributed by atoms with E-state index in [4.69, 9.17) is 16.7 Å². The average molecular weight is 373 g/mol. The van der Waals surface area contributed by atoms with Gasteiger partial charge in [0.05, 0.1) is 6.10 Å². The average Bonchev–Trinajstić information content (AvgIpc) is 2.92. The molecule has 0 bridgehead atoms. The monoisotopic (exact) mass is 372 g/mol. The Balaban J connectivity index is 2.38. The lowest BCUT2D eigenvalue weighted by Crippen LogP contribution is -2.18. The summed E-state index contributed by atoms with van der Waals surface area (Å²) >= 11 is 5.61. The zero-order valence-electron chi connectivity index (χ0n) is 14.5. The van der Waals surface area contributed by atoms with Crippen LogP contribution >= 0.6 is 11.6 Å². The second-order valence-electron chi connectivity index (χ2n) is 6.56. The van der Waals surface area contributed by atoms with Crippen molar-refractivity contribution in [2.75, 3.05) is 5.88 Å². The fourth-order valence-electron chi connectivity index (χ4n) is 3.05. The normalized spacial score (nSPS) is 23.6. The van der Waals surface area contributed by atoms with Gasteiger partial charge >= 0.3 is 5.97 Å². The minimum atomic E-state index is -1.33. The summed E-state index contributed by atoms with van der Waals surface area (Å²) in [7, 11) is 0. The molecule has 4 atom stereocenters. The number of allylic oxidation sites excluding steroid dienone is 3. The molecule has 142 valence electrons. The van der Waals surface area contributed by atoms with Crippen molar-refractivity contribution < 1.29 is 24.9 Å². The predicted molar refractivity (Wildman–Crippen MR) is 97.6 cm³/mol. The third-order valence-corrected chi connectivity index (χ3v) is 4.83. The number of hydrogen-bond acceptors (Lipinski definition) is 4. The van der Waals surface area contributed by atoms with Gasteiger partial charge in [0.2, 0.25) is 0 Å². The molecule has 1 saturated carbocycles. The number of carboxylic acid groups (broad SMARTS) is 1. The van der Waals surface area contributed by atoms with Gasteiger partial charge in [-0.05, 0) is 50.9 Å². The number of rotatable bonds is 12. The van der Waals surface area contributed by atoms with Crippen LogP contribution in [-0.2, 0) is 9.59 Å². The highest BCUT2D eigenvalue weighted by Gasteiger charge is 2.31. The number of Topliss-reactive ketones (excluding diaryl/α,β-unsaturated/α-hetero) is 1. The van der Waals surface area contributed by atoms with Gasteiger partial charge in [-0.15, -0.1) is 11.6 Å². The summed E-state index contributed by atoms with van der Waals surface area (Å²) in [5.41, 5.74) is 0. The molecule has 25 heavy (non-hydrogen) atoms. The van der Waals surface area contributed by atoms with Crippen LogP contribution in [0.25, 0.3) is 0 Å². The topological polar surface area (TPSA) is 94.8 Å². The van der Waals surface area contributed by atoms with Crippen LogP contribution in [-0.4, -0.2) is 45.2 Å². The van der Waals surface area contributed by atoms with Crippen molar-refractivity contribution in [3.05, 3.63) is 24.3 Å². The SMILES string of the molecule is O=C(O)C(O)CCC=CC[C@H]1C(=O)CC[C@@H]1C=CCC(O)CCCCl. The molecule has 3 N–H and O–H groups in total. The Labute approximate surface area is 154 Å². The van der Waals surface area contributed by atoms with E-state index in [9.17, 15) is 19.8 Å². The molecule has 0 aromatic carbocycles. The maximum absolute atomic E-state index is 12.0. The van der Waals surface area contributed by atoms with Crippen LogP contribution < -0.4 is 0 Å². The lowest BCUT2D eigenvalue weighted by molar-refractivity contribution is -0.146. The summed E-state index contributed by atoms with van der Waals surface area (Å²) in [4.78, 5) is 22.5. The van der Waals surface area contributed by atoms with Gasteiger partial charge in [0.15, 0.2) is 6.10 Å². The predicted octanol–water partition coefficient (Wildman–Crippen LogP) is 3.08. The van der Waals surface area contributed by atoms with Crippen LogP contribution in [0.1, 0.15) is 51.4 Å². The molecular formula is C19H29ClO5. The molecule has 1 rings (SSSR count). The van der Waals surface area contributed by atoms with E-state index in [0.717, 1.165) is 12.8 Å². The van der Waals surface area contributed by atoms with Crippen LogP contribution in [0.4, 0.5) is 0 Å². The molecule has 0 spiro atoms. The second-order valence-corrected chi connectivity index (χ2v) is 6.94. The maximum atomic E-state index is 12.0. The molecule has 0 aromatic rings. The summed E-state index contributed by atoms with van der Waals surface area (Å²) in [6, 6.07) is 0. The van der Waals surface area contributed by atoms with Crippen molar-refractivity contribution in [2.24, 2.45) is 11.8 Å². The molecule has 0 saturated heterocycles. The minimum absolute atomic E-state index is 0.0446. The van der Waals surface area contributed by atoms with Crippen molar-refractivity contribution in [1.29, 1.82) is 0 Å². The minimum Gasteiger partial charge on any atom is -0.479 e. The lowest BCUT2D eigenvalue weighted by atomic mass is 9.91. The first kappa shape index (κ1) is 21.9. The highest BCUT2D eigenvalue weighted by molar-refractivity contribution is 6.17. The Bertz CT molecular complexity index is 474. The third kappa shape index (κ3) is 8.66. The molecule has 6 heteroatoms. The standard InChI is InChI=1S/C19H29ClO5/c20-13-5-8-15(21)7-4-6-14-11-12-17(22)16(14)9-2-1-3-10-18(23)19(24)25/h1-2,4,6,14-16,18,21,23H,3,5,7-13H2,(H,24,25)/t14-,15?,16+,18?/m0/s1. The molecule has 2 unspecified atom stereocenters. The van der Waals surface area contributed by atoms with Crippen LogP contribution in [0, 0.1) is 11.8 Å². The first-order valence-electron chi connectivity index (χ1n) is 8.95. The molecular weight excluding hydrogens is 344 g/mol. The van der Waals surface area contributed by atoms with Crippen molar-refractivity contribution >= 4 is 23.4 Å².